The number of fused-ring (bicyclic) bond motifs is 1. The standard InChI is InChI=1S/C28H32F3N5O4S/c1-4-40-27(39)21-19(13-36-14-28(30,31)23-20(36)8-10-35(23)12-15(2)26(37)38)33-24(25-32-9-11-41-25)34-22(21)17-6-5-7-18(29)16(17)3/h5-7,9,11,15,20,22-23H,4,8,10,12-14H2,1-3H3,(H,33,34)(H,37,38)/t15?,20-,22-,23+/m0/s1. The molecule has 0 saturated carbocycles. The number of aliphatic imine (C=N–C) groups is 1. The van der Waals surface area contributed by atoms with Crippen LogP contribution in [0, 0.1) is 18.7 Å². The molecule has 2 N–H and O–H groups in total. The summed E-state index contributed by atoms with van der Waals surface area (Å²) >= 11 is 1.32. The van der Waals surface area contributed by atoms with Gasteiger partial charge >= 0.3 is 11.9 Å². The molecule has 220 valence electrons. The maximum Gasteiger partial charge on any atom is 0.338 e. The van der Waals surface area contributed by atoms with Crippen molar-refractivity contribution in [1.29, 1.82) is 0 Å². The number of benzene rings is 1. The minimum absolute atomic E-state index is 0.0245. The van der Waals surface area contributed by atoms with Gasteiger partial charge in [-0.05, 0) is 37.5 Å². The first-order valence-electron chi connectivity index (χ1n) is 13.5. The van der Waals surface area contributed by atoms with Crippen LogP contribution in [0.15, 0.2) is 46.0 Å². The van der Waals surface area contributed by atoms with Crippen LogP contribution in [0.5, 0.6) is 0 Å². The fourth-order valence-corrected chi connectivity index (χ4v) is 6.61. The fourth-order valence-electron chi connectivity index (χ4n) is 6.03. The number of carbonyl (C=O) groups is 2. The number of aromatic nitrogens is 1. The zero-order chi connectivity index (χ0) is 29.5. The molecule has 0 aliphatic carbocycles. The molecule has 2 aromatic rings. The lowest BCUT2D eigenvalue weighted by atomic mass is 9.92. The van der Waals surface area contributed by atoms with Gasteiger partial charge < -0.3 is 15.2 Å². The van der Waals surface area contributed by atoms with Crippen LogP contribution in [0.25, 0.3) is 0 Å². The van der Waals surface area contributed by atoms with Gasteiger partial charge in [0.25, 0.3) is 5.92 Å². The van der Waals surface area contributed by atoms with Crippen molar-refractivity contribution in [3.63, 3.8) is 0 Å². The van der Waals surface area contributed by atoms with E-state index in [9.17, 15) is 19.1 Å². The average Bonchev–Trinajstić information content (AvgIpc) is 3.65. The number of thiazole rings is 1. The molecule has 1 aromatic carbocycles. The van der Waals surface area contributed by atoms with Gasteiger partial charge in [-0.1, -0.05) is 19.1 Å². The SMILES string of the molecule is CCOC(=O)C1=C(CN2CC(F)(F)[C@H]3[C@@H]2CCN3CC(C)C(=O)O)NC(c2nccs2)=N[C@H]1c1cccc(F)c1C. The maximum atomic E-state index is 15.5. The molecule has 0 spiro atoms. The number of ether oxygens (including phenoxy) is 1. The highest BCUT2D eigenvalue weighted by Gasteiger charge is 2.59. The Bertz CT molecular complexity index is 1380. The number of aliphatic carboxylic acids is 1. The molecule has 3 aliphatic heterocycles. The van der Waals surface area contributed by atoms with Crippen LogP contribution in [0.1, 0.15) is 42.4 Å². The van der Waals surface area contributed by atoms with Crippen molar-refractivity contribution in [2.75, 3.05) is 32.8 Å². The van der Waals surface area contributed by atoms with Crippen LogP contribution >= 0.6 is 11.3 Å². The van der Waals surface area contributed by atoms with Crippen LogP contribution in [-0.2, 0) is 14.3 Å². The summed E-state index contributed by atoms with van der Waals surface area (Å²) in [6.07, 6.45) is 2.03. The molecule has 0 bridgehead atoms. The summed E-state index contributed by atoms with van der Waals surface area (Å²) in [6.45, 7) is 4.62. The number of amidine groups is 1. The van der Waals surface area contributed by atoms with Crippen molar-refractivity contribution >= 4 is 29.1 Å². The van der Waals surface area contributed by atoms with Gasteiger partial charge in [-0.25, -0.2) is 22.9 Å². The van der Waals surface area contributed by atoms with Crippen LogP contribution in [0.4, 0.5) is 13.2 Å². The highest BCUT2D eigenvalue weighted by Crippen LogP contribution is 2.43. The molecule has 5 rings (SSSR count). The van der Waals surface area contributed by atoms with Gasteiger partial charge in [0.1, 0.15) is 11.9 Å². The van der Waals surface area contributed by atoms with E-state index < -0.39 is 54.3 Å². The average molecular weight is 592 g/mol. The second-order valence-corrected chi connectivity index (χ2v) is 11.5. The Labute approximate surface area is 239 Å². The maximum absolute atomic E-state index is 15.5. The normalized spacial score (nSPS) is 25.0. The molecule has 0 amide bonds. The molecular weight excluding hydrogens is 559 g/mol. The Kier molecular flexibility index (Phi) is 8.22. The molecule has 4 atom stereocenters. The number of nitrogens with zero attached hydrogens (tertiary/aromatic N) is 4. The number of likely N-dealkylation sites (tertiary alicyclic amines) is 2. The van der Waals surface area contributed by atoms with E-state index in [1.165, 1.54) is 30.4 Å². The topological polar surface area (TPSA) is 107 Å². The first-order chi connectivity index (χ1) is 19.5. The van der Waals surface area contributed by atoms with Gasteiger partial charge in [0.2, 0.25) is 0 Å². The number of hydrogen-bond acceptors (Lipinski definition) is 9. The molecule has 0 radical (unpaired) electrons. The molecule has 9 nitrogen and oxygen atoms in total. The summed E-state index contributed by atoms with van der Waals surface area (Å²) in [4.78, 5) is 37.1. The van der Waals surface area contributed by atoms with E-state index in [-0.39, 0.29) is 25.3 Å². The number of halogens is 3. The third kappa shape index (κ3) is 5.62. The van der Waals surface area contributed by atoms with Gasteiger partial charge in [-0.3, -0.25) is 19.6 Å². The van der Waals surface area contributed by atoms with E-state index in [1.807, 2.05) is 0 Å². The number of rotatable bonds is 9. The number of alkyl halides is 2. The summed E-state index contributed by atoms with van der Waals surface area (Å²) in [5.74, 6) is -5.69. The molecule has 1 unspecified atom stereocenters. The second kappa shape index (κ2) is 11.5. The molecule has 1 aromatic heterocycles. The van der Waals surface area contributed by atoms with Gasteiger partial charge in [-0.2, -0.15) is 0 Å². The number of carboxylic acid groups (broad SMARTS) is 1. The smallest absolute Gasteiger partial charge is 0.338 e. The first-order valence-corrected chi connectivity index (χ1v) is 14.4. The fraction of sp³-hybridized carbons (Fsp3) is 0.500. The molecule has 3 aliphatic rings. The van der Waals surface area contributed by atoms with Crippen molar-refractivity contribution in [3.8, 4) is 0 Å². The minimum Gasteiger partial charge on any atom is -0.481 e. The Morgan fingerprint density at radius 2 is 2.10 bits per heavy atom. The van der Waals surface area contributed by atoms with Gasteiger partial charge in [0.05, 0.1) is 30.7 Å². The van der Waals surface area contributed by atoms with Gasteiger partial charge in [-0.15, -0.1) is 11.3 Å². The summed E-state index contributed by atoms with van der Waals surface area (Å²) in [5.41, 5.74) is 1.24. The van der Waals surface area contributed by atoms with Crippen LogP contribution in [0.3, 0.4) is 0 Å². The predicted octanol–water partition coefficient (Wildman–Crippen LogP) is 3.61. The van der Waals surface area contributed by atoms with E-state index in [0.717, 1.165) is 0 Å². The number of nitrogens with one attached hydrogen (secondary N) is 1. The van der Waals surface area contributed by atoms with Crippen molar-refractivity contribution in [3.05, 3.63) is 63.0 Å². The van der Waals surface area contributed by atoms with Gasteiger partial charge in [0, 0.05) is 43.0 Å². The van der Waals surface area contributed by atoms with Crippen molar-refractivity contribution in [2.45, 2.75) is 51.2 Å². The predicted molar refractivity (Wildman–Crippen MR) is 146 cm³/mol. The number of carboxylic acids is 1. The monoisotopic (exact) mass is 591 g/mol. The van der Waals surface area contributed by atoms with Crippen molar-refractivity contribution < 1.29 is 32.6 Å². The quantitative estimate of drug-likeness (QED) is 0.426. The number of carbonyl (C=O) groups excluding carboxylic acids is 1. The third-order valence-corrected chi connectivity index (χ3v) is 8.72. The largest absolute Gasteiger partial charge is 0.481 e. The van der Waals surface area contributed by atoms with E-state index >= 15 is 8.78 Å². The third-order valence-electron chi connectivity index (χ3n) is 7.94. The van der Waals surface area contributed by atoms with Crippen LogP contribution in [-0.4, -0.2) is 88.5 Å². The number of esters is 1. The molecule has 2 fully saturated rings. The second-order valence-electron chi connectivity index (χ2n) is 10.6. The van der Waals surface area contributed by atoms with E-state index in [0.29, 0.717) is 40.6 Å². The van der Waals surface area contributed by atoms with Crippen molar-refractivity contribution in [1.82, 2.24) is 20.1 Å². The summed E-state index contributed by atoms with van der Waals surface area (Å²) in [6, 6.07) is 1.90. The van der Waals surface area contributed by atoms with Gasteiger partial charge in [0.15, 0.2) is 10.8 Å². The minimum atomic E-state index is -3.09. The van der Waals surface area contributed by atoms with Crippen LogP contribution < -0.4 is 5.32 Å². The van der Waals surface area contributed by atoms with Crippen molar-refractivity contribution in [2.24, 2.45) is 10.9 Å². The summed E-state index contributed by atoms with van der Waals surface area (Å²) in [7, 11) is 0. The summed E-state index contributed by atoms with van der Waals surface area (Å²) < 4.78 is 51.0. The van der Waals surface area contributed by atoms with E-state index in [2.05, 4.69) is 10.3 Å². The molecule has 4 heterocycles. The Hall–Kier alpha value is -3.29. The van der Waals surface area contributed by atoms with E-state index in [1.54, 1.807) is 41.3 Å². The first kappa shape index (κ1) is 29.2. The number of hydrogen-bond donors (Lipinski definition) is 2. The molecule has 13 heteroatoms. The highest BCUT2D eigenvalue weighted by molar-refractivity contribution is 7.11. The zero-order valence-electron chi connectivity index (χ0n) is 22.9. The molecule has 2 saturated heterocycles. The zero-order valence-corrected chi connectivity index (χ0v) is 23.8. The van der Waals surface area contributed by atoms with Crippen LogP contribution in [0.2, 0.25) is 0 Å². The lowest BCUT2D eigenvalue weighted by molar-refractivity contribution is -0.142. The Morgan fingerprint density at radius 1 is 1.32 bits per heavy atom. The molecule has 41 heavy (non-hydrogen) atoms. The Balaban J connectivity index is 1.54. The molecular formula is C28H32F3N5O4S. The highest BCUT2D eigenvalue weighted by atomic mass is 32.1. The lowest BCUT2D eigenvalue weighted by Crippen LogP contribution is -2.47. The van der Waals surface area contributed by atoms with E-state index in [4.69, 9.17) is 9.73 Å². The lowest BCUT2D eigenvalue weighted by Gasteiger charge is -2.31. The summed E-state index contributed by atoms with van der Waals surface area (Å²) in [5, 5.41) is 14.8. The Morgan fingerprint density at radius 3 is 2.78 bits per heavy atom.